The number of nitrogens with zero attached hydrogens (tertiary/aromatic N) is 2. The molecule has 1 aromatic rings. The maximum Gasteiger partial charge on any atom is 0.115 e. The van der Waals surface area contributed by atoms with E-state index in [0.717, 1.165) is 16.2 Å². The Labute approximate surface area is 58.4 Å². The van der Waals surface area contributed by atoms with Gasteiger partial charge in [0.15, 0.2) is 0 Å². The van der Waals surface area contributed by atoms with E-state index in [4.69, 9.17) is 0 Å². The molecule has 9 heavy (non-hydrogen) atoms. The van der Waals surface area contributed by atoms with Crippen LogP contribution in [0.5, 0.6) is 0 Å². The zero-order chi connectivity index (χ0) is 7.02. The van der Waals surface area contributed by atoms with Gasteiger partial charge in [-0.3, -0.25) is 0 Å². The molecular weight excluding hydrogens is 128 g/mol. The molecule has 0 N–H and O–H groups in total. The Morgan fingerprint density at radius 2 is 1.89 bits per heavy atom. The first-order chi connectivity index (χ1) is 4.13. The zero-order valence-corrected chi connectivity index (χ0v) is 8.39. The topological polar surface area (TPSA) is 17.8 Å². The molecule has 1 rings (SSSR count). The van der Waals surface area contributed by atoms with Crippen LogP contribution < -0.4 is 0 Å². The minimum atomic E-state index is 1.05. The third kappa shape index (κ3) is 0.919. The average Bonchev–Trinajstić information content (AvgIpc) is 1.98. The Morgan fingerprint density at radius 3 is 2.00 bits per heavy atom. The lowest BCUT2D eigenvalue weighted by Gasteiger charge is -1.95. The number of aryl methyl sites for hydroxylation is 2. The molecule has 0 unspecified atom stereocenters. The lowest BCUT2D eigenvalue weighted by molar-refractivity contribution is 1.05. The molecule has 50 valence electrons. The summed E-state index contributed by atoms with van der Waals surface area (Å²) in [6, 6.07) is 0. The first kappa shape index (κ1) is 6.55. The Kier molecular flexibility index (Phi) is 1.44. The maximum atomic E-state index is 4.31. The lowest BCUT2D eigenvalue weighted by atomic mass is 10.4. The number of hydrogen-bond donors (Lipinski definition) is 0. The summed E-state index contributed by atoms with van der Waals surface area (Å²) in [6.45, 7) is 6.21. The van der Waals surface area contributed by atoms with Gasteiger partial charge in [0, 0.05) is 5.69 Å². The first-order valence-electron chi connectivity index (χ1n) is 3.09. The standard InChI is InChI=1S/C6H12N2Si/c1-4-5(2)8(9)6(3)7-4/h1-3,9H3. The summed E-state index contributed by atoms with van der Waals surface area (Å²) >= 11 is 0. The molecular formula is C6H12N2Si. The van der Waals surface area contributed by atoms with Crippen LogP contribution in [-0.2, 0) is 0 Å². The van der Waals surface area contributed by atoms with E-state index in [1.54, 1.807) is 0 Å². The van der Waals surface area contributed by atoms with E-state index in [9.17, 15) is 0 Å². The highest BCUT2D eigenvalue weighted by Gasteiger charge is 2.00. The molecule has 0 aliphatic heterocycles. The summed E-state index contributed by atoms with van der Waals surface area (Å²) in [5, 5.41) is 0. The lowest BCUT2D eigenvalue weighted by Crippen LogP contribution is -1.96. The normalized spacial score (nSPS) is 10.6. The molecule has 0 radical (unpaired) electrons. The molecule has 0 saturated heterocycles. The first-order valence-corrected chi connectivity index (χ1v) is 3.99. The van der Waals surface area contributed by atoms with Gasteiger partial charge in [-0.2, -0.15) is 0 Å². The summed E-state index contributed by atoms with van der Waals surface area (Å²) in [5.41, 5.74) is 2.49. The van der Waals surface area contributed by atoms with Gasteiger partial charge < -0.3 is 4.23 Å². The summed E-state index contributed by atoms with van der Waals surface area (Å²) in [4.78, 5) is 4.31. The largest absolute Gasteiger partial charge is 0.369 e. The van der Waals surface area contributed by atoms with E-state index in [-0.39, 0.29) is 0 Å². The third-order valence-corrected chi connectivity index (χ3v) is 3.16. The smallest absolute Gasteiger partial charge is 0.115 e. The average molecular weight is 140 g/mol. The van der Waals surface area contributed by atoms with E-state index in [1.807, 2.05) is 6.92 Å². The zero-order valence-electron chi connectivity index (χ0n) is 6.39. The quantitative estimate of drug-likeness (QED) is 0.462. The summed E-state index contributed by atoms with van der Waals surface area (Å²) in [6.07, 6.45) is 0. The van der Waals surface area contributed by atoms with Gasteiger partial charge in [0.2, 0.25) is 0 Å². The van der Waals surface area contributed by atoms with Crippen molar-refractivity contribution in [3.8, 4) is 0 Å². The van der Waals surface area contributed by atoms with E-state index >= 15 is 0 Å². The molecule has 0 amide bonds. The number of hydrogen-bond acceptors (Lipinski definition) is 1. The van der Waals surface area contributed by atoms with Crippen LogP contribution in [0.3, 0.4) is 0 Å². The predicted octanol–water partition coefficient (Wildman–Crippen LogP) is -0.0631. The van der Waals surface area contributed by atoms with Gasteiger partial charge in [-0.15, -0.1) is 0 Å². The molecule has 0 atom stereocenters. The molecule has 3 heteroatoms. The molecule has 0 aromatic carbocycles. The molecule has 0 aliphatic rings. The fraction of sp³-hybridized carbons (Fsp3) is 0.500. The monoisotopic (exact) mass is 140 g/mol. The highest BCUT2D eigenvalue weighted by molar-refractivity contribution is 6.07. The molecule has 0 fully saturated rings. The minimum Gasteiger partial charge on any atom is -0.369 e. The van der Waals surface area contributed by atoms with E-state index < -0.39 is 0 Å². The van der Waals surface area contributed by atoms with Crippen LogP contribution in [0.2, 0.25) is 0 Å². The Morgan fingerprint density at radius 1 is 1.33 bits per heavy atom. The van der Waals surface area contributed by atoms with Crippen molar-refractivity contribution in [1.82, 2.24) is 9.22 Å². The van der Waals surface area contributed by atoms with Crippen molar-refractivity contribution in [3.05, 3.63) is 17.2 Å². The van der Waals surface area contributed by atoms with Crippen molar-refractivity contribution in [2.24, 2.45) is 0 Å². The van der Waals surface area contributed by atoms with Crippen molar-refractivity contribution in [3.63, 3.8) is 0 Å². The van der Waals surface area contributed by atoms with Crippen molar-refractivity contribution in [2.45, 2.75) is 20.8 Å². The van der Waals surface area contributed by atoms with Gasteiger partial charge >= 0.3 is 0 Å². The molecule has 0 aliphatic carbocycles. The van der Waals surface area contributed by atoms with Crippen LogP contribution in [0, 0.1) is 20.8 Å². The number of aromatic nitrogens is 2. The van der Waals surface area contributed by atoms with Crippen LogP contribution in [0.25, 0.3) is 0 Å². The van der Waals surface area contributed by atoms with E-state index in [2.05, 4.69) is 23.1 Å². The Bertz CT molecular complexity index is 205. The number of imidazole rings is 1. The van der Waals surface area contributed by atoms with Gasteiger partial charge in [0.25, 0.3) is 0 Å². The van der Waals surface area contributed by atoms with Crippen LogP contribution in [-0.4, -0.2) is 19.6 Å². The SMILES string of the molecule is Cc1nc(C)n([SiH3])c1C. The molecule has 2 nitrogen and oxygen atoms in total. The van der Waals surface area contributed by atoms with Crippen LogP contribution in [0.4, 0.5) is 0 Å². The molecule has 0 saturated carbocycles. The fourth-order valence-electron chi connectivity index (χ4n) is 0.884. The fourth-order valence-corrected chi connectivity index (χ4v) is 1.31. The Hall–Kier alpha value is -0.573. The molecule has 0 spiro atoms. The Balaban J connectivity index is 3.29. The maximum absolute atomic E-state index is 4.31. The van der Waals surface area contributed by atoms with Gasteiger partial charge in [0.1, 0.15) is 10.4 Å². The second kappa shape index (κ2) is 1.99. The van der Waals surface area contributed by atoms with Crippen molar-refractivity contribution < 1.29 is 0 Å². The van der Waals surface area contributed by atoms with Gasteiger partial charge in [-0.25, -0.2) is 4.98 Å². The van der Waals surface area contributed by atoms with Gasteiger partial charge in [-0.05, 0) is 20.8 Å². The van der Waals surface area contributed by atoms with Crippen molar-refractivity contribution in [2.75, 3.05) is 0 Å². The summed E-state index contributed by atoms with van der Waals surface area (Å²) in [5.74, 6) is 1.15. The van der Waals surface area contributed by atoms with Crippen LogP contribution in [0.1, 0.15) is 17.2 Å². The van der Waals surface area contributed by atoms with Crippen molar-refractivity contribution in [1.29, 1.82) is 0 Å². The predicted molar refractivity (Wildman–Crippen MR) is 41.8 cm³/mol. The van der Waals surface area contributed by atoms with Crippen LogP contribution >= 0.6 is 0 Å². The van der Waals surface area contributed by atoms with E-state index in [0.29, 0.717) is 0 Å². The summed E-state index contributed by atoms with van der Waals surface area (Å²) in [7, 11) is 1.05. The highest BCUT2D eigenvalue weighted by Crippen LogP contribution is 2.04. The van der Waals surface area contributed by atoms with Crippen LogP contribution in [0.15, 0.2) is 0 Å². The molecule has 0 bridgehead atoms. The van der Waals surface area contributed by atoms with E-state index in [1.165, 1.54) is 11.4 Å². The molecule has 1 heterocycles. The summed E-state index contributed by atoms with van der Waals surface area (Å²) < 4.78 is 2.23. The number of rotatable bonds is 0. The second-order valence-electron chi connectivity index (χ2n) is 2.39. The highest BCUT2D eigenvalue weighted by atomic mass is 28.2. The van der Waals surface area contributed by atoms with Crippen molar-refractivity contribution >= 4 is 10.4 Å². The van der Waals surface area contributed by atoms with Gasteiger partial charge in [0.05, 0.1) is 11.5 Å². The third-order valence-electron chi connectivity index (χ3n) is 1.84. The van der Waals surface area contributed by atoms with Gasteiger partial charge in [-0.1, -0.05) is 0 Å². The molecule has 1 aromatic heterocycles. The second-order valence-corrected chi connectivity index (χ2v) is 3.28. The minimum absolute atomic E-state index is 1.05.